The molecule has 22 heavy (non-hydrogen) atoms. The Morgan fingerprint density at radius 1 is 1.36 bits per heavy atom. The number of nitrogens with one attached hydrogen (secondary N) is 1. The summed E-state index contributed by atoms with van der Waals surface area (Å²) in [6.07, 6.45) is 1.56. The van der Waals surface area contributed by atoms with Gasteiger partial charge in [-0.2, -0.15) is 10.2 Å². The third-order valence-electron chi connectivity index (χ3n) is 3.18. The third kappa shape index (κ3) is 3.11. The van der Waals surface area contributed by atoms with Gasteiger partial charge in [0.05, 0.1) is 22.1 Å². The number of aryl methyl sites for hydroxylation is 2. The van der Waals surface area contributed by atoms with E-state index in [4.69, 9.17) is 17.3 Å². The fraction of sp³-hybridized carbons (Fsp3) is 0.385. The van der Waals surface area contributed by atoms with Crippen LogP contribution >= 0.6 is 11.6 Å². The summed E-state index contributed by atoms with van der Waals surface area (Å²) in [5, 5.41) is 11.3. The molecule has 0 atom stereocenters. The van der Waals surface area contributed by atoms with Crippen molar-refractivity contribution in [2.24, 2.45) is 5.73 Å². The van der Waals surface area contributed by atoms with Crippen molar-refractivity contribution in [3.8, 4) is 0 Å². The first kappa shape index (κ1) is 16.0. The number of hydrogen-bond donors (Lipinski definition) is 2. The van der Waals surface area contributed by atoms with Crippen molar-refractivity contribution >= 4 is 29.1 Å². The van der Waals surface area contributed by atoms with Crippen molar-refractivity contribution < 1.29 is 9.59 Å². The van der Waals surface area contributed by atoms with E-state index in [2.05, 4.69) is 15.5 Å². The lowest BCUT2D eigenvalue weighted by atomic mass is 10.3. The van der Waals surface area contributed by atoms with Crippen LogP contribution in [0.25, 0.3) is 0 Å². The number of hydrogen-bond acceptors (Lipinski definition) is 4. The second-order valence-electron chi connectivity index (χ2n) is 4.80. The minimum atomic E-state index is -0.698. The van der Waals surface area contributed by atoms with Crippen molar-refractivity contribution in [1.29, 1.82) is 0 Å². The molecule has 0 aliphatic rings. The van der Waals surface area contributed by atoms with Gasteiger partial charge in [0.1, 0.15) is 6.54 Å². The zero-order valence-corrected chi connectivity index (χ0v) is 13.3. The van der Waals surface area contributed by atoms with E-state index in [-0.39, 0.29) is 23.8 Å². The lowest BCUT2D eigenvalue weighted by Crippen LogP contribution is -2.22. The normalized spacial score (nSPS) is 10.7. The first-order valence-electron chi connectivity index (χ1n) is 6.70. The highest BCUT2D eigenvalue weighted by atomic mass is 35.5. The average molecular weight is 325 g/mol. The van der Waals surface area contributed by atoms with E-state index in [0.29, 0.717) is 23.0 Å². The van der Waals surface area contributed by atoms with Gasteiger partial charge in [-0.15, -0.1) is 0 Å². The van der Waals surface area contributed by atoms with Gasteiger partial charge in [-0.1, -0.05) is 11.6 Å². The summed E-state index contributed by atoms with van der Waals surface area (Å²) in [6.45, 7) is 5.94. The van der Waals surface area contributed by atoms with E-state index in [1.807, 2.05) is 6.92 Å². The highest BCUT2D eigenvalue weighted by Gasteiger charge is 2.17. The number of halogens is 1. The fourth-order valence-corrected chi connectivity index (χ4v) is 2.15. The van der Waals surface area contributed by atoms with Gasteiger partial charge in [0, 0.05) is 12.7 Å². The zero-order valence-electron chi connectivity index (χ0n) is 12.6. The largest absolute Gasteiger partial charge is 0.364 e. The summed E-state index contributed by atoms with van der Waals surface area (Å²) in [7, 11) is 0. The Bertz CT molecular complexity index is 733. The zero-order chi connectivity index (χ0) is 16.4. The van der Waals surface area contributed by atoms with Gasteiger partial charge < -0.3 is 11.1 Å². The van der Waals surface area contributed by atoms with Crippen LogP contribution < -0.4 is 11.1 Å². The minimum Gasteiger partial charge on any atom is -0.364 e. The van der Waals surface area contributed by atoms with Crippen LogP contribution in [0.2, 0.25) is 5.02 Å². The minimum absolute atomic E-state index is 0.0189. The van der Waals surface area contributed by atoms with Crippen LogP contribution in [0.15, 0.2) is 6.20 Å². The SMILES string of the molecule is CCn1cc(NC(=O)Cn2nc(C)c(Cl)c2C)c(C(N)=O)n1. The molecule has 8 nitrogen and oxygen atoms in total. The molecule has 3 N–H and O–H groups in total. The molecule has 0 unspecified atom stereocenters. The van der Waals surface area contributed by atoms with Crippen molar-refractivity contribution in [2.75, 3.05) is 5.32 Å². The monoisotopic (exact) mass is 324 g/mol. The van der Waals surface area contributed by atoms with Gasteiger partial charge >= 0.3 is 0 Å². The predicted octanol–water partition coefficient (Wildman–Crippen LogP) is 1.11. The Labute approximate surface area is 132 Å². The average Bonchev–Trinajstić information content (AvgIpc) is 2.96. The molecule has 0 saturated carbocycles. The number of carbonyl (C=O) groups excluding carboxylic acids is 2. The maximum Gasteiger partial charge on any atom is 0.271 e. The molecule has 2 aromatic rings. The van der Waals surface area contributed by atoms with E-state index in [9.17, 15) is 9.59 Å². The molecule has 0 aliphatic carbocycles. The van der Waals surface area contributed by atoms with E-state index >= 15 is 0 Å². The van der Waals surface area contributed by atoms with Gasteiger partial charge in [0.2, 0.25) is 5.91 Å². The molecular formula is C13H17ClN6O2. The lowest BCUT2D eigenvalue weighted by Gasteiger charge is -2.05. The number of primary amides is 1. The molecule has 2 rings (SSSR count). The van der Waals surface area contributed by atoms with Crippen LogP contribution in [0, 0.1) is 13.8 Å². The van der Waals surface area contributed by atoms with Crippen LogP contribution in [-0.4, -0.2) is 31.4 Å². The molecule has 2 aromatic heterocycles. The Hall–Kier alpha value is -2.35. The van der Waals surface area contributed by atoms with Gasteiger partial charge in [0.15, 0.2) is 5.69 Å². The third-order valence-corrected chi connectivity index (χ3v) is 3.73. The van der Waals surface area contributed by atoms with Crippen LogP contribution in [0.1, 0.15) is 28.8 Å². The molecule has 0 saturated heterocycles. The van der Waals surface area contributed by atoms with Gasteiger partial charge in [0.25, 0.3) is 5.91 Å². The second kappa shape index (κ2) is 6.18. The van der Waals surface area contributed by atoms with Crippen LogP contribution in [0.4, 0.5) is 5.69 Å². The summed E-state index contributed by atoms with van der Waals surface area (Å²) in [5.41, 5.74) is 6.93. The van der Waals surface area contributed by atoms with Crippen LogP contribution in [0.3, 0.4) is 0 Å². The molecule has 9 heteroatoms. The van der Waals surface area contributed by atoms with E-state index in [0.717, 1.165) is 0 Å². The first-order valence-corrected chi connectivity index (χ1v) is 7.07. The van der Waals surface area contributed by atoms with Crippen molar-refractivity contribution in [3.05, 3.63) is 28.3 Å². The Kier molecular flexibility index (Phi) is 4.51. The van der Waals surface area contributed by atoms with Crippen LogP contribution in [0.5, 0.6) is 0 Å². The Balaban J connectivity index is 2.17. The molecule has 0 bridgehead atoms. The standard InChI is InChI=1S/C13H17ClN6O2/c1-4-19-5-9(12(18-19)13(15)22)16-10(21)6-20-8(3)11(14)7(2)17-20/h5H,4,6H2,1-3H3,(H2,15,22)(H,16,21). The molecule has 118 valence electrons. The molecule has 0 aromatic carbocycles. The topological polar surface area (TPSA) is 108 Å². The molecule has 2 amide bonds. The molecule has 0 radical (unpaired) electrons. The molecule has 2 heterocycles. The summed E-state index contributed by atoms with van der Waals surface area (Å²) >= 11 is 6.04. The molecule has 0 fully saturated rings. The van der Waals surface area contributed by atoms with E-state index in [1.54, 1.807) is 20.0 Å². The van der Waals surface area contributed by atoms with Crippen molar-refractivity contribution in [3.63, 3.8) is 0 Å². The second-order valence-corrected chi connectivity index (χ2v) is 5.18. The first-order chi connectivity index (χ1) is 10.3. The van der Waals surface area contributed by atoms with E-state index in [1.165, 1.54) is 9.36 Å². The highest BCUT2D eigenvalue weighted by Crippen LogP contribution is 2.19. The Morgan fingerprint density at radius 2 is 2.05 bits per heavy atom. The summed E-state index contributed by atoms with van der Waals surface area (Å²) in [4.78, 5) is 23.5. The summed E-state index contributed by atoms with van der Waals surface area (Å²) in [6, 6.07) is 0. The number of carbonyl (C=O) groups is 2. The maximum absolute atomic E-state index is 12.1. The van der Waals surface area contributed by atoms with Gasteiger partial charge in [-0.3, -0.25) is 19.0 Å². The lowest BCUT2D eigenvalue weighted by molar-refractivity contribution is -0.116. The number of nitrogens with two attached hydrogens (primary N) is 1. The number of anilines is 1. The highest BCUT2D eigenvalue weighted by molar-refractivity contribution is 6.31. The van der Waals surface area contributed by atoms with Crippen LogP contribution in [-0.2, 0) is 17.9 Å². The maximum atomic E-state index is 12.1. The number of amides is 2. The van der Waals surface area contributed by atoms with Gasteiger partial charge in [-0.05, 0) is 20.8 Å². The number of nitrogens with zero attached hydrogens (tertiary/aromatic N) is 4. The van der Waals surface area contributed by atoms with Crippen molar-refractivity contribution in [1.82, 2.24) is 19.6 Å². The predicted molar refractivity (Wildman–Crippen MR) is 81.8 cm³/mol. The van der Waals surface area contributed by atoms with Gasteiger partial charge in [-0.25, -0.2) is 0 Å². The summed E-state index contributed by atoms with van der Waals surface area (Å²) < 4.78 is 3.02. The molecule has 0 aliphatic heterocycles. The smallest absolute Gasteiger partial charge is 0.271 e. The number of aromatic nitrogens is 4. The van der Waals surface area contributed by atoms with E-state index < -0.39 is 5.91 Å². The molecule has 0 spiro atoms. The number of rotatable bonds is 5. The Morgan fingerprint density at radius 3 is 2.55 bits per heavy atom. The summed E-state index contributed by atoms with van der Waals surface area (Å²) in [5.74, 6) is -1.04. The van der Waals surface area contributed by atoms with Crippen molar-refractivity contribution in [2.45, 2.75) is 33.9 Å². The fourth-order valence-electron chi connectivity index (χ4n) is 2.01. The quantitative estimate of drug-likeness (QED) is 0.858. The molecular weight excluding hydrogens is 308 g/mol.